The lowest BCUT2D eigenvalue weighted by Crippen LogP contribution is -2.03. The van der Waals surface area contributed by atoms with Crippen molar-refractivity contribution in [2.24, 2.45) is 0 Å². The van der Waals surface area contributed by atoms with Crippen molar-refractivity contribution in [3.8, 4) is 5.69 Å². The summed E-state index contributed by atoms with van der Waals surface area (Å²) in [5.41, 5.74) is 2.23. The van der Waals surface area contributed by atoms with E-state index < -0.39 is 0 Å². The number of aromatic nitrogens is 3. The minimum Gasteiger partial charge on any atom is -0.279 e. The van der Waals surface area contributed by atoms with Crippen molar-refractivity contribution in [2.75, 3.05) is 0 Å². The Morgan fingerprint density at radius 1 is 1.35 bits per heavy atom. The lowest BCUT2D eigenvalue weighted by molar-refractivity contribution is 0.620. The van der Waals surface area contributed by atoms with Gasteiger partial charge in [-0.05, 0) is 53.2 Å². The normalized spacial score (nSPS) is 12.8. The standard InChI is InChI=1S/C14H10BrClFN3/c1-8(16)13-19-12-3-2-6-18-14(12)20(13)9-4-5-11(17)10(15)7-9/h2-8H,1H3. The quantitative estimate of drug-likeness (QED) is 0.629. The van der Waals surface area contributed by atoms with E-state index >= 15 is 0 Å². The molecule has 0 aliphatic heterocycles. The molecule has 1 atom stereocenters. The van der Waals surface area contributed by atoms with Crippen molar-refractivity contribution < 1.29 is 4.39 Å². The molecule has 0 amide bonds. The predicted molar refractivity (Wildman–Crippen MR) is 80.8 cm³/mol. The van der Waals surface area contributed by atoms with Crippen LogP contribution in [0.5, 0.6) is 0 Å². The second-order valence-corrected chi connectivity index (χ2v) is 5.87. The van der Waals surface area contributed by atoms with Crippen LogP contribution in [0.2, 0.25) is 0 Å². The lowest BCUT2D eigenvalue weighted by atomic mass is 10.3. The Bertz CT molecular complexity index is 785. The van der Waals surface area contributed by atoms with Gasteiger partial charge in [0.05, 0.1) is 15.5 Å². The van der Waals surface area contributed by atoms with Gasteiger partial charge in [0.2, 0.25) is 0 Å². The SMILES string of the molecule is CC(Cl)c1nc2cccnc2n1-c1ccc(F)c(Br)c1. The fourth-order valence-corrected chi connectivity index (χ4v) is 2.59. The van der Waals surface area contributed by atoms with E-state index in [2.05, 4.69) is 25.9 Å². The molecule has 102 valence electrons. The molecule has 1 aromatic carbocycles. The van der Waals surface area contributed by atoms with Gasteiger partial charge in [-0.15, -0.1) is 11.6 Å². The molecule has 3 rings (SSSR count). The monoisotopic (exact) mass is 353 g/mol. The fraction of sp³-hybridized carbons (Fsp3) is 0.143. The first-order chi connectivity index (χ1) is 9.58. The van der Waals surface area contributed by atoms with Gasteiger partial charge in [0.25, 0.3) is 0 Å². The molecule has 0 spiro atoms. The van der Waals surface area contributed by atoms with Gasteiger partial charge in [-0.3, -0.25) is 4.57 Å². The van der Waals surface area contributed by atoms with Crippen LogP contribution in [0.15, 0.2) is 41.0 Å². The van der Waals surface area contributed by atoms with E-state index in [0.29, 0.717) is 15.9 Å². The first kappa shape index (κ1) is 13.5. The number of alkyl halides is 1. The minimum atomic E-state index is -0.313. The predicted octanol–water partition coefficient (Wildman–Crippen LogP) is 4.62. The number of benzene rings is 1. The van der Waals surface area contributed by atoms with Gasteiger partial charge in [-0.25, -0.2) is 14.4 Å². The number of hydrogen-bond acceptors (Lipinski definition) is 2. The van der Waals surface area contributed by atoms with Crippen molar-refractivity contribution in [1.82, 2.24) is 14.5 Å². The molecule has 0 saturated carbocycles. The molecule has 0 aliphatic carbocycles. The molecule has 2 aromatic heterocycles. The second kappa shape index (κ2) is 5.14. The number of halogens is 3. The van der Waals surface area contributed by atoms with E-state index in [-0.39, 0.29) is 11.2 Å². The van der Waals surface area contributed by atoms with E-state index in [1.54, 1.807) is 18.3 Å². The zero-order chi connectivity index (χ0) is 14.3. The summed E-state index contributed by atoms with van der Waals surface area (Å²) in [4.78, 5) is 8.85. The van der Waals surface area contributed by atoms with Gasteiger partial charge >= 0.3 is 0 Å². The number of hydrogen-bond donors (Lipinski definition) is 0. The highest BCUT2D eigenvalue weighted by Gasteiger charge is 2.17. The molecule has 0 N–H and O–H groups in total. The number of nitrogens with zero attached hydrogens (tertiary/aromatic N) is 3. The van der Waals surface area contributed by atoms with Crippen LogP contribution >= 0.6 is 27.5 Å². The molecule has 20 heavy (non-hydrogen) atoms. The topological polar surface area (TPSA) is 30.7 Å². The fourth-order valence-electron chi connectivity index (χ4n) is 2.08. The van der Waals surface area contributed by atoms with Crippen molar-refractivity contribution in [1.29, 1.82) is 0 Å². The molecular formula is C14H10BrClFN3. The summed E-state index contributed by atoms with van der Waals surface area (Å²) < 4.78 is 15.6. The molecule has 0 radical (unpaired) electrons. The third-order valence-electron chi connectivity index (χ3n) is 2.96. The number of rotatable bonds is 2. The molecule has 3 aromatic rings. The average Bonchev–Trinajstić information content (AvgIpc) is 2.81. The van der Waals surface area contributed by atoms with E-state index in [1.165, 1.54) is 6.07 Å². The number of imidazole rings is 1. The molecular weight excluding hydrogens is 345 g/mol. The average molecular weight is 355 g/mol. The number of pyridine rings is 1. The van der Waals surface area contributed by atoms with Gasteiger partial charge in [0.15, 0.2) is 5.65 Å². The Morgan fingerprint density at radius 2 is 2.15 bits per heavy atom. The molecule has 0 aliphatic rings. The van der Waals surface area contributed by atoms with Crippen LogP contribution in [0.3, 0.4) is 0 Å². The Hall–Kier alpha value is -1.46. The van der Waals surface area contributed by atoms with Crippen LogP contribution in [0.1, 0.15) is 18.1 Å². The first-order valence-electron chi connectivity index (χ1n) is 6.01. The van der Waals surface area contributed by atoms with E-state index in [1.807, 2.05) is 23.6 Å². The highest BCUT2D eigenvalue weighted by molar-refractivity contribution is 9.10. The first-order valence-corrected chi connectivity index (χ1v) is 7.23. The van der Waals surface area contributed by atoms with Crippen LogP contribution in [-0.2, 0) is 0 Å². The summed E-state index contributed by atoms with van der Waals surface area (Å²) >= 11 is 9.40. The maximum Gasteiger partial charge on any atom is 0.164 e. The number of fused-ring (bicyclic) bond motifs is 1. The lowest BCUT2D eigenvalue weighted by Gasteiger charge is -2.10. The zero-order valence-corrected chi connectivity index (χ0v) is 12.9. The molecule has 3 nitrogen and oxygen atoms in total. The summed E-state index contributed by atoms with van der Waals surface area (Å²) in [7, 11) is 0. The smallest absolute Gasteiger partial charge is 0.164 e. The summed E-state index contributed by atoms with van der Waals surface area (Å²) in [5, 5.41) is -0.284. The van der Waals surface area contributed by atoms with Gasteiger partial charge in [-0.2, -0.15) is 0 Å². The third kappa shape index (κ3) is 2.21. The summed E-state index contributed by atoms with van der Waals surface area (Å²) in [6, 6.07) is 8.46. The van der Waals surface area contributed by atoms with Gasteiger partial charge in [-0.1, -0.05) is 0 Å². The molecule has 0 fully saturated rings. The highest BCUT2D eigenvalue weighted by atomic mass is 79.9. The van der Waals surface area contributed by atoms with Crippen LogP contribution < -0.4 is 0 Å². The van der Waals surface area contributed by atoms with Crippen molar-refractivity contribution in [3.05, 3.63) is 52.6 Å². The molecule has 1 unspecified atom stereocenters. The summed E-state index contributed by atoms with van der Waals surface area (Å²) in [5.74, 6) is 0.366. The Labute approximate surface area is 128 Å². The van der Waals surface area contributed by atoms with Crippen LogP contribution in [0.25, 0.3) is 16.9 Å². The van der Waals surface area contributed by atoms with Crippen LogP contribution in [0.4, 0.5) is 4.39 Å². The van der Waals surface area contributed by atoms with E-state index in [0.717, 1.165) is 11.2 Å². The van der Waals surface area contributed by atoms with Crippen molar-refractivity contribution >= 4 is 38.7 Å². The van der Waals surface area contributed by atoms with Gasteiger partial charge in [0.1, 0.15) is 17.2 Å². The maximum atomic E-state index is 13.4. The Balaban J connectivity index is 2.33. The Morgan fingerprint density at radius 3 is 2.85 bits per heavy atom. The summed E-state index contributed by atoms with van der Waals surface area (Å²) in [6.07, 6.45) is 1.70. The summed E-state index contributed by atoms with van der Waals surface area (Å²) in [6.45, 7) is 1.85. The molecule has 6 heteroatoms. The molecule has 0 saturated heterocycles. The third-order valence-corrected chi connectivity index (χ3v) is 3.76. The second-order valence-electron chi connectivity index (χ2n) is 4.37. The van der Waals surface area contributed by atoms with Crippen molar-refractivity contribution in [2.45, 2.75) is 12.3 Å². The molecule has 0 bridgehead atoms. The van der Waals surface area contributed by atoms with E-state index in [9.17, 15) is 4.39 Å². The highest BCUT2D eigenvalue weighted by Crippen LogP contribution is 2.28. The zero-order valence-electron chi connectivity index (χ0n) is 10.5. The van der Waals surface area contributed by atoms with E-state index in [4.69, 9.17) is 11.6 Å². The largest absolute Gasteiger partial charge is 0.279 e. The van der Waals surface area contributed by atoms with Crippen molar-refractivity contribution in [3.63, 3.8) is 0 Å². The van der Waals surface area contributed by atoms with Crippen LogP contribution in [-0.4, -0.2) is 14.5 Å². The Kier molecular flexibility index (Phi) is 3.48. The maximum absolute atomic E-state index is 13.4. The van der Waals surface area contributed by atoms with Crippen LogP contribution in [0, 0.1) is 5.82 Å². The van der Waals surface area contributed by atoms with Gasteiger partial charge < -0.3 is 0 Å². The molecule has 2 heterocycles. The van der Waals surface area contributed by atoms with Gasteiger partial charge in [0, 0.05) is 6.20 Å². The minimum absolute atomic E-state index is 0.284.